The summed E-state index contributed by atoms with van der Waals surface area (Å²) in [6.45, 7) is 10.4. The van der Waals surface area contributed by atoms with Gasteiger partial charge in [-0.25, -0.2) is 0 Å². The number of carbonyl (C=O) groups excluding carboxylic acids is 1. The molecule has 138 valence electrons. The quantitative estimate of drug-likeness (QED) is 0.331. The molecule has 6 nitrogen and oxygen atoms in total. The molecule has 0 saturated carbocycles. The number of ether oxygens (including phenoxy) is 1. The molecule has 0 amide bonds. The van der Waals surface area contributed by atoms with Crippen molar-refractivity contribution in [3.8, 4) is 0 Å². The van der Waals surface area contributed by atoms with Crippen LogP contribution in [0.5, 0.6) is 0 Å². The van der Waals surface area contributed by atoms with Gasteiger partial charge in [0.2, 0.25) is 6.54 Å². The standard InChI is InChI=1S/C18H27NO5Si/c1-18(2,3)25(4,5)24-16(13-9-7-6-8-10-13)15-14(11-19(21)22)12-23-17(15)20/h6-10,14-16H,11-12H2,1-5H3/t14-,15-,16-/m0/s1. The third-order valence-corrected chi connectivity index (χ3v) is 9.74. The molecule has 7 heteroatoms. The molecule has 0 spiro atoms. The number of cyclic esters (lactones) is 1. The second-order valence-electron chi connectivity index (χ2n) is 8.14. The van der Waals surface area contributed by atoms with E-state index in [4.69, 9.17) is 9.16 Å². The van der Waals surface area contributed by atoms with Gasteiger partial charge in [-0.3, -0.25) is 14.9 Å². The number of esters is 1. The number of nitrogens with zero attached hydrogens (tertiary/aromatic N) is 1. The molecular weight excluding hydrogens is 338 g/mol. The molecule has 0 radical (unpaired) electrons. The molecule has 1 aliphatic rings. The predicted octanol–water partition coefficient (Wildman–Crippen LogP) is 3.82. The first-order chi connectivity index (χ1) is 11.5. The Bertz CT molecular complexity index is 626. The van der Waals surface area contributed by atoms with Gasteiger partial charge in [0, 0.05) is 4.92 Å². The summed E-state index contributed by atoms with van der Waals surface area (Å²) < 4.78 is 11.7. The van der Waals surface area contributed by atoms with Gasteiger partial charge in [-0.1, -0.05) is 51.1 Å². The zero-order chi connectivity index (χ0) is 18.8. The van der Waals surface area contributed by atoms with Gasteiger partial charge in [0.05, 0.1) is 17.9 Å². The van der Waals surface area contributed by atoms with Crippen LogP contribution in [0.3, 0.4) is 0 Å². The van der Waals surface area contributed by atoms with E-state index in [0.717, 1.165) is 5.56 Å². The number of hydrogen-bond acceptors (Lipinski definition) is 5. The van der Waals surface area contributed by atoms with Crippen LogP contribution in [-0.2, 0) is 14.0 Å². The van der Waals surface area contributed by atoms with E-state index in [0.29, 0.717) is 0 Å². The predicted molar refractivity (Wildman–Crippen MR) is 97.3 cm³/mol. The van der Waals surface area contributed by atoms with Crippen LogP contribution in [0.4, 0.5) is 0 Å². The molecule has 25 heavy (non-hydrogen) atoms. The smallest absolute Gasteiger partial charge is 0.312 e. The lowest BCUT2D eigenvalue weighted by Crippen LogP contribution is -2.44. The van der Waals surface area contributed by atoms with E-state index in [9.17, 15) is 14.9 Å². The number of benzene rings is 1. The van der Waals surface area contributed by atoms with Crippen LogP contribution in [0.15, 0.2) is 30.3 Å². The van der Waals surface area contributed by atoms with Crippen molar-refractivity contribution in [2.45, 2.75) is 45.0 Å². The van der Waals surface area contributed by atoms with Crippen molar-refractivity contribution in [1.82, 2.24) is 0 Å². The molecule has 0 aliphatic carbocycles. The summed E-state index contributed by atoms with van der Waals surface area (Å²) in [5, 5.41) is 11.0. The van der Waals surface area contributed by atoms with E-state index < -0.39 is 32.2 Å². The van der Waals surface area contributed by atoms with Crippen LogP contribution >= 0.6 is 0 Å². The van der Waals surface area contributed by atoms with Gasteiger partial charge in [0.15, 0.2) is 8.32 Å². The van der Waals surface area contributed by atoms with E-state index in [1.165, 1.54) is 0 Å². The molecule has 2 rings (SSSR count). The van der Waals surface area contributed by atoms with Crippen LogP contribution in [0.2, 0.25) is 18.1 Å². The minimum atomic E-state index is -2.20. The van der Waals surface area contributed by atoms with Crippen LogP contribution in [0, 0.1) is 22.0 Å². The third-order valence-electron chi connectivity index (χ3n) is 5.29. The molecular formula is C18H27NO5Si. The Hall–Kier alpha value is -1.73. The fourth-order valence-electron chi connectivity index (χ4n) is 2.80. The maximum Gasteiger partial charge on any atom is 0.312 e. The fourth-order valence-corrected chi connectivity index (χ4v) is 4.07. The largest absolute Gasteiger partial charge is 0.465 e. The number of carbonyl (C=O) groups is 1. The zero-order valence-electron chi connectivity index (χ0n) is 15.5. The highest BCUT2D eigenvalue weighted by Gasteiger charge is 2.49. The Balaban J connectivity index is 2.41. The summed E-state index contributed by atoms with van der Waals surface area (Å²) in [7, 11) is -2.20. The summed E-state index contributed by atoms with van der Waals surface area (Å²) in [5.41, 5.74) is 0.865. The van der Waals surface area contributed by atoms with Crippen molar-refractivity contribution in [2.75, 3.05) is 13.2 Å². The molecule has 0 N–H and O–H groups in total. The highest BCUT2D eigenvalue weighted by atomic mass is 28.4. The average molecular weight is 366 g/mol. The van der Waals surface area contributed by atoms with E-state index in [1.807, 2.05) is 30.3 Å². The monoisotopic (exact) mass is 365 g/mol. The molecule has 3 atom stereocenters. The maximum absolute atomic E-state index is 12.4. The lowest BCUT2D eigenvalue weighted by molar-refractivity contribution is -0.489. The molecule has 0 unspecified atom stereocenters. The Morgan fingerprint density at radius 3 is 2.44 bits per heavy atom. The van der Waals surface area contributed by atoms with Gasteiger partial charge in [0.1, 0.15) is 6.61 Å². The second-order valence-corrected chi connectivity index (χ2v) is 12.9. The highest BCUT2D eigenvalue weighted by molar-refractivity contribution is 6.74. The molecule has 1 aromatic carbocycles. The molecule has 1 aliphatic heterocycles. The van der Waals surface area contributed by atoms with Gasteiger partial charge in [-0.2, -0.15) is 0 Å². The van der Waals surface area contributed by atoms with Gasteiger partial charge in [-0.05, 0) is 23.7 Å². The highest BCUT2D eigenvalue weighted by Crippen LogP contribution is 2.44. The minimum absolute atomic E-state index is 0.0405. The lowest BCUT2D eigenvalue weighted by atomic mass is 9.86. The van der Waals surface area contributed by atoms with Crippen molar-refractivity contribution >= 4 is 14.3 Å². The van der Waals surface area contributed by atoms with Gasteiger partial charge < -0.3 is 9.16 Å². The molecule has 0 bridgehead atoms. The maximum atomic E-state index is 12.4. The fraction of sp³-hybridized carbons (Fsp3) is 0.611. The minimum Gasteiger partial charge on any atom is -0.465 e. The van der Waals surface area contributed by atoms with Crippen molar-refractivity contribution in [2.24, 2.45) is 11.8 Å². The number of hydrogen-bond donors (Lipinski definition) is 0. The van der Waals surface area contributed by atoms with E-state index in [1.54, 1.807) is 0 Å². The first-order valence-corrected chi connectivity index (χ1v) is 11.4. The summed E-state index contributed by atoms with van der Waals surface area (Å²) in [6.07, 6.45) is -0.526. The van der Waals surface area contributed by atoms with Crippen molar-refractivity contribution < 1.29 is 18.9 Å². The molecule has 1 aromatic rings. The van der Waals surface area contributed by atoms with Crippen molar-refractivity contribution in [3.05, 3.63) is 46.0 Å². The van der Waals surface area contributed by atoms with Crippen molar-refractivity contribution in [1.29, 1.82) is 0 Å². The van der Waals surface area contributed by atoms with Crippen LogP contribution in [0.25, 0.3) is 0 Å². The summed E-state index contributed by atoms with van der Waals surface area (Å²) in [5.74, 6) is -1.53. The van der Waals surface area contributed by atoms with Gasteiger partial charge in [0.25, 0.3) is 0 Å². The zero-order valence-corrected chi connectivity index (χ0v) is 16.5. The third kappa shape index (κ3) is 4.46. The normalized spacial score (nSPS) is 22.5. The Morgan fingerprint density at radius 1 is 1.32 bits per heavy atom. The van der Waals surface area contributed by atoms with E-state index in [2.05, 4.69) is 33.9 Å². The SMILES string of the molecule is CC(C)(C)[Si](C)(C)O[C@@H](c1ccccc1)[C@H]1C(=O)OC[C@@H]1C[N+](=O)[O-]. The molecule has 0 aromatic heterocycles. The Kier molecular flexibility index (Phi) is 5.68. The first-order valence-electron chi connectivity index (χ1n) is 8.54. The molecule has 1 heterocycles. The Labute approximate surface area is 149 Å². The summed E-state index contributed by atoms with van der Waals surface area (Å²) in [6, 6.07) is 9.49. The second kappa shape index (κ2) is 7.25. The topological polar surface area (TPSA) is 78.7 Å². The first kappa shape index (κ1) is 19.6. The van der Waals surface area contributed by atoms with E-state index in [-0.39, 0.29) is 23.1 Å². The number of nitro groups is 1. The average Bonchev–Trinajstić information content (AvgIpc) is 2.84. The van der Waals surface area contributed by atoms with E-state index >= 15 is 0 Å². The lowest BCUT2D eigenvalue weighted by Gasteiger charge is -2.41. The summed E-state index contributed by atoms with van der Waals surface area (Å²) in [4.78, 5) is 23.0. The molecule has 1 saturated heterocycles. The van der Waals surface area contributed by atoms with Crippen LogP contribution in [0.1, 0.15) is 32.4 Å². The van der Waals surface area contributed by atoms with Gasteiger partial charge >= 0.3 is 5.97 Å². The van der Waals surface area contributed by atoms with Crippen molar-refractivity contribution in [3.63, 3.8) is 0 Å². The number of rotatable bonds is 6. The van der Waals surface area contributed by atoms with Crippen LogP contribution < -0.4 is 0 Å². The Morgan fingerprint density at radius 2 is 1.92 bits per heavy atom. The van der Waals surface area contributed by atoms with Gasteiger partial charge in [-0.15, -0.1) is 0 Å². The molecule has 1 fully saturated rings. The summed E-state index contributed by atoms with van der Waals surface area (Å²) >= 11 is 0. The van der Waals surface area contributed by atoms with Crippen LogP contribution in [-0.4, -0.2) is 32.4 Å².